The minimum absolute atomic E-state index is 0.0245. The third-order valence-corrected chi connectivity index (χ3v) is 8.87. The van der Waals surface area contributed by atoms with Crippen molar-refractivity contribution < 1.29 is 37.0 Å². The summed E-state index contributed by atoms with van der Waals surface area (Å²) in [5.74, 6) is 0.0766. The molecule has 14 nitrogen and oxygen atoms in total. The quantitative estimate of drug-likeness (QED) is 0.190. The fourth-order valence-corrected chi connectivity index (χ4v) is 6.16. The van der Waals surface area contributed by atoms with Gasteiger partial charge in [-0.1, -0.05) is 6.07 Å². The molecule has 0 bridgehead atoms. The van der Waals surface area contributed by atoms with Crippen LogP contribution in [0.5, 0.6) is 0 Å². The maximum atomic E-state index is 14.1. The molecule has 3 aromatic heterocycles. The lowest BCUT2D eigenvalue weighted by Crippen LogP contribution is -2.44. The van der Waals surface area contributed by atoms with Crippen LogP contribution in [0.2, 0.25) is 0 Å². The molecule has 0 spiro atoms. The maximum absolute atomic E-state index is 14.1. The number of carbonyl (C=O) groups is 3. The number of piperazine rings is 1. The molecule has 1 aromatic carbocycles. The molecular weight excluding hydrogens is 719 g/mol. The Hall–Kier alpha value is -5.29. The molecule has 4 aromatic rings. The van der Waals surface area contributed by atoms with Crippen LogP contribution in [0, 0.1) is 0 Å². The molecular formula is C38H46F3N9O5. The molecule has 17 heteroatoms. The summed E-state index contributed by atoms with van der Waals surface area (Å²) in [4.78, 5) is 58.3. The number of rotatable bonds is 7. The molecule has 2 fully saturated rings. The van der Waals surface area contributed by atoms with Crippen LogP contribution in [0.4, 0.5) is 44.9 Å². The van der Waals surface area contributed by atoms with Crippen molar-refractivity contribution in [1.82, 2.24) is 29.3 Å². The largest absolute Gasteiger partial charge is 0.443 e. The van der Waals surface area contributed by atoms with Gasteiger partial charge in [0.05, 0.1) is 10.9 Å². The van der Waals surface area contributed by atoms with Crippen LogP contribution in [0.1, 0.15) is 71.6 Å². The number of fused-ring (bicyclic) bond motifs is 1. The zero-order valence-electron chi connectivity index (χ0n) is 32.0. The van der Waals surface area contributed by atoms with Gasteiger partial charge in [0.15, 0.2) is 5.82 Å². The van der Waals surface area contributed by atoms with Crippen molar-refractivity contribution in [3.8, 4) is 11.1 Å². The molecule has 4 heterocycles. The van der Waals surface area contributed by atoms with E-state index in [1.54, 1.807) is 47.6 Å². The lowest BCUT2D eigenvalue weighted by atomic mass is 10.0. The van der Waals surface area contributed by atoms with Gasteiger partial charge in [-0.3, -0.25) is 10.2 Å². The molecule has 1 saturated heterocycles. The van der Waals surface area contributed by atoms with E-state index < -0.39 is 41.2 Å². The molecule has 1 aliphatic carbocycles. The molecule has 0 atom stereocenters. The van der Waals surface area contributed by atoms with Crippen LogP contribution >= 0.6 is 0 Å². The summed E-state index contributed by atoms with van der Waals surface area (Å²) >= 11 is 0. The SMILES string of the molecule is CN1CCN(Cc2ccc(NC(=O)Nc3ccc(-c4cn(C5CC5)c5ncnc(N(C(=O)OC(C)(C)C)C(=O)OC(C)(C)C)c45)cn3)cc2C(F)(F)F)CC1. The first-order valence-corrected chi connectivity index (χ1v) is 18.0. The lowest BCUT2D eigenvalue weighted by molar-refractivity contribution is -0.138. The van der Waals surface area contributed by atoms with Crippen molar-refractivity contribution in [3.63, 3.8) is 0 Å². The first-order chi connectivity index (χ1) is 25.8. The van der Waals surface area contributed by atoms with Crippen LogP contribution in [0.3, 0.4) is 0 Å². The number of aromatic nitrogens is 4. The molecule has 0 radical (unpaired) electrons. The molecule has 294 valence electrons. The molecule has 1 saturated carbocycles. The van der Waals surface area contributed by atoms with Crippen LogP contribution < -0.4 is 15.5 Å². The highest BCUT2D eigenvalue weighted by molar-refractivity contribution is 6.16. The number of nitrogens with zero attached hydrogens (tertiary/aromatic N) is 7. The van der Waals surface area contributed by atoms with Crippen LogP contribution in [0.15, 0.2) is 49.1 Å². The number of anilines is 3. The summed E-state index contributed by atoms with van der Waals surface area (Å²) in [5.41, 5.74) is -1.01. The maximum Gasteiger partial charge on any atom is 0.425 e. The Labute approximate surface area is 317 Å². The smallest absolute Gasteiger partial charge is 0.425 e. The van der Waals surface area contributed by atoms with Gasteiger partial charge in [-0.15, -0.1) is 0 Å². The lowest BCUT2D eigenvalue weighted by Gasteiger charge is -2.33. The number of imide groups is 1. The van der Waals surface area contributed by atoms with Gasteiger partial charge in [-0.05, 0) is 91.3 Å². The number of pyridine rings is 1. The fourth-order valence-electron chi connectivity index (χ4n) is 6.16. The minimum atomic E-state index is -4.61. The van der Waals surface area contributed by atoms with Gasteiger partial charge in [-0.25, -0.2) is 29.3 Å². The Balaban J connectivity index is 1.26. The van der Waals surface area contributed by atoms with E-state index in [-0.39, 0.29) is 35.5 Å². The number of carbonyl (C=O) groups excluding carboxylic acids is 3. The summed E-state index contributed by atoms with van der Waals surface area (Å²) in [5, 5.41) is 5.43. The van der Waals surface area contributed by atoms with E-state index in [9.17, 15) is 27.6 Å². The number of alkyl halides is 3. The number of benzene rings is 1. The highest BCUT2D eigenvalue weighted by Gasteiger charge is 2.38. The third kappa shape index (κ3) is 9.69. The molecule has 4 amide bonds. The molecule has 0 unspecified atom stereocenters. The molecule has 1 aliphatic heterocycles. The van der Waals surface area contributed by atoms with Gasteiger partial charge in [0, 0.05) is 68.0 Å². The summed E-state index contributed by atoms with van der Waals surface area (Å²) in [7, 11) is 1.98. The first-order valence-electron chi connectivity index (χ1n) is 18.0. The van der Waals surface area contributed by atoms with Gasteiger partial charge in [0.2, 0.25) is 0 Å². The Morgan fingerprint density at radius 2 is 1.53 bits per heavy atom. The number of hydrogen-bond acceptors (Lipinski definition) is 10. The number of ether oxygens (including phenoxy) is 2. The number of amides is 4. The van der Waals surface area contributed by atoms with Crippen molar-refractivity contribution in [2.24, 2.45) is 0 Å². The van der Waals surface area contributed by atoms with E-state index in [0.29, 0.717) is 35.2 Å². The number of halogens is 3. The van der Waals surface area contributed by atoms with E-state index in [2.05, 4.69) is 30.5 Å². The normalized spacial score (nSPS) is 15.8. The number of likely N-dealkylation sites (N-methyl/N-ethyl adjacent to an activating group) is 1. The Morgan fingerprint density at radius 1 is 0.873 bits per heavy atom. The second-order valence-electron chi connectivity index (χ2n) is 15.8. The number of hydrogen-bond donors (Lipinski definition) is 2. The van der Waals surface area contributed by atoms with Crippen molar-refractivity contribution >= 4 is 46.6 Å². The topological polar surface area (TPSA) is 147 Å². The standard InChI is InChI=1S/C38H46F3N9O5/c1-36(2,3)54-34(52)50(35(53)55-37(4,5)6)32-30-27(21-49(26-11-12-26)31(30)43-22-44-32)23-9-13-29(42-19-23)46-33(51)45-25-10-8-24(28(18-25)38(39,40)41)20-48-16-14-47(7)15-17-48/h8-10,13,18-19,21-22,26H,11-12,14-17,20H2,1-7H3,(H2,42,45,46,51). The summed E-state index contributed by atoms with van der Waals surface area (Å²) in [6.45, 7) is 13.1. The average Bonchev–Trinajstić information content (AvgIpc) is 3.84. The highest BCUT2D eigenvalue weighted by atomic mass is 19.4. The Morgan fingerprint density at radius 3 is 2.09 bits per heavy atom. The predicted molar refractivity (Wildman–Crippen MR) is 201 cm³/mol. The van der Waals surface area contributed by atoms with Crippen molar-refractivity contribution in [2.75, 3.05) is 48.8 Å². The van der Waals surface area contributed by atoms with Crippen molar-refractivity contribution in [1.29, 1.82) is 0 Å². The number of urea groups is 1. The van der Waals surface area contributed by atoms with E-state index in [4.69, 9.17) is 9.47 Å². The van der Waals surface area contributed by atoms with Gasteiger partial charge in [0.25, 0.3) is 0 Å². The zero-order chi connectivity index (χ0) is 39.9. The van der Waals surface area contributed by atoms with E-state index in [1.807, 2.05) is 22.7 Å². The Kier molecular flexibility index (Phi) is 10.8. The van der Waals surface area contributed by atoms with E-state index in [1.165, 1.54) is 30.7 Å². The first kappa shape index (κ1) is 39.4. The monoisotopic (exact) mass is 765 g/mol. The van der Waals surface area contributed by atoms with Gasteiger partial charge in [-0.2, -0.15) is 18.1 Å². The van der Waals surface area contributed by atoms with Crippen LogP contribution in [-0.2, 0) is 22.2 Å². The predicted octanol–water partition coefficient (Wildman–Crippen LogP) is 7.92. The molecule has 2 aliphatic rings. The molecule has 6 rings (SSSR count). The average molecular weight is 766 g/mol. The molecule has 55 heavy (non-hydrogen) atoms. The van der Waals surface area contributed by atoms with Crippen molar-refractivity contribution in [2.45, 2.75) is 84.3 Å². The second-order valence-corrected chi connectivity index (χ2v) is 15.8. The second kappa shape index (κ2) is 15.1. The van der Waals surface area contributed by atoms with E-state index >= 15 is 0 Å². The summed E-state index contributed by atoms with van der Waals surface area (Å²) < 4.78 is 55.5. The minimum Gasteiger partial charge on any atom is -0.443 e. The Bertz CT molecular complexity index is 2030. The summed E-state index contributed by atoms with van der Waals surface area (Å²) in [6, 6.07) is 6.34. The fraction of sp³-hybridized carbons (Fsp3) is 0.474. The number of nitrogens with one attached hydrogen (secondary N) is 2. The highest BCUT2D eigenvalue weighted by Crippen LogP contribution is 2.43. The van der Waals surface area contributed by atoms with E-state index in [0.717, 1.165) is 36.9 Å². The molecule has 2 N–H and O–H groups in total. The van der Waals surface area contributed by atoms with Gasteiger partial charge in [0.1, 0.15) is 29.0 Å². The summed E-state index contributed by atoms with van der Waals surface area (Å²) in [6.07, 6.45) is -0.161. The zero-order valence-corrected chi connectivity index (χ0v) is 32.0. The van der Waals surface area contributed by atoms with Gasteiger partial charge < -0.3 is 24.3 Å². The van der Waals surface area contributed by atoms with Crippen molar-refractivity contribution in [3.05, 3.63) is 60.2 Å². The van der Waals surface area contributed by atoms with Crippen LogP contribution in [0.25, 0.3) is 22.2 Å². The third-order valence-electron chi connectivity index (χ3n) is 8.87. The van der Waals surface area contributed by atoms with Gasteiger partial charge >= 0.3 is 24.4 Å². The van der Waals surface area contributed by atoms with Crippen LogP contribution in [-0.4, -0.2) is 92.0 Å².